The molecule has 0 aliphatic carbocycles. The topological polar surface area (TPSA) is 79.8 Å². The van der Waals surface area contributed by atoms with Gasteiger partial charge in [-0.25, -0.2) is 9.97 Å². The molecular formula is C25H31N5O3. The molecule has 1 saturated heterocycles. The average Bonchev–Trinajstić information content (AvgIpc) is 2.84. The molecule has 3 aromatic rings. The molecule has 2 heterocycles. The van der Waals surface area contributed by atoms with Crippen LogP contribution in [-0.2, 0) is 4.79 Å². The number of nitrogens with zero attached hydrogens (tertiary/aromatic N) is 4. The number of piperazine rings is 1. The third kappa shape index (κ3) is 5.01. The van der Waals surface area contributed by atoms with Gasteiger partial charge >= 0.3 is 0 Å². The summed E-state index contributed by atoms with van der Waals surface area (Å²) < 4.78 is 10.9. The second kappa shape index (κ2) is 10.0. The Kier molecular flexibility index (Phi) is 6.93. The molecular weight excluding hydrogens is 418 g/mol. The minimum atomic E-state index is 0.0534. The van der Waals surface area contributed by atoms with Crippen molar-refractivity contribution in [3.05, 3.63) is 47.8 Å². The number of ether oxygens (including phenoxy) is 2. The molecule has 1 fully saturated rings. The van der Waals surface area contributed by atoms with Gasteiger partial charge in [-0.3, -0.25) is 9.69 Å². The summed E-state index contributed by atoms with van der Waals surface area (Å²) in [5, 5.41) is 4.02. The van der Waals surface area contributed by atoms with Crippen LogP contribution in [0.4, 0.5) is 11.5 Å². The van der Waals surface area contributed by atoms with Crippen molar-refractivity contribution in [1.29, 1.82) is 0 Å². The zero-order chi connectivity index (χ0) is 23.4. The highest BCUT2D eigenvalue weighted by molar-refractivity contribution is 5.93. The van der Waals surface area contributed by atoms with Gasteiger partial charge in [-0.1, -0.05) is 18.2 Å². The monoisotopic (exact) mass is 449 g/mol. The second-order valence-corrected chi connectivity index (χ2v) is 8.32. The number of carbonyl (C=O) groups is 1. The van der Waals surface area contributed by atoms with Crippen LogP contribution < -0.4 is 19.7 Å². The highest BCUT2D eigenvalue weighted by Gasteiger charge is 2.21. The van der Waals surface area contributed by atoms with E-state index < -0.39 is 0 Å². The van der Waals surface area contributed by atoms with E-state index >= 15 is 0 Å². The van der Waals surface area contributed by atoms with Crippen LogP contribution in [0.15, 0.2) is 36.7 Å². The van der Waals surface area contributed by atoms with Gasteiger partial charge in [-0.2, -0.15) is 0 Å². The molecule has 8 nitrogen and oxygen atoms in total. The molecule has 1 aliphatic rings. The average molecular weight is 450 g/mol. The molecule has 0 spiro atoms. The molecule has 1 N–H and O–H groups in total. The van der Waals surface area contributed by atoms with Gasteiger partial charge in [0.15, 0.2) is 11.5 Å². The fourth-order valence-corrected chi connectivity index (χ4v) is 4.28. The van der Waals surface area contributed by atoms with Crippen molar-refractivity contribution in [1.82, 2.24) is 14.9 Å². The number of methoxy groups -OCH3 is 2. The first kappa shape index (κ1) is 22.8. The molecule has 33 heavy (non-hydrogen) atoms. The normalized spacial score (nSPS) is 14.4. The third-order valence-corrected chi connectivity index (χ3v) is 6.19. The number of aromatic nitrogens is 2. The maximum atomic E-state index is 12.5. The Morgan fingerprint density at radius 2 is 1.67 bits per heavy atom. The van der Waals surface area contributed by atoms with Crippen molar-refractivity contribution in [2.24, 2.45) is 0 Å². The summed E-state index contributed by atoms with van der Waals surface area (Å²) in [6.07, 6.45) is 2.06. The number of amides is 1. The van der Waals surface area contributed by atoms with E-state index in [2.05, 4.69) is 25.1 Å². The predicted octanol–water partition coefficient (Wildman–Crippen LogP) is 3.41. The number of benzene rings is 2. The molecule has 1 amide bonds. The van der Waals surface area contributed by atoms with E-state index in [0.717, 1.165) is 66.3 Å². The number of hydrogen-bond donors (Lipinski definition) is 1. The van der Waals surface area contributed by atoms with Gasteiger partial charge in [-0.05, 0) is 31.0 Å². The van der Waals surface area contributed by atoms with Crippen LogP contribution in [0.3, 0.4) is 0 Å². The summed E-state index contributed by atoms with van der Waals surface area (Å²) in [5.41, 5.74) is 3.92. The van der Waals surface area contributed by atoms with Crippen LogP contribution >= 0.6 is 0 Å². The zero-order valence-corrected chi connectivity index (χ0v) is 19.7. The summed E-state index contributed by atoms with van der Waals surface area (Å²) in [4.78, 5) is 26.1. The lowest BCUT2D eigenvalue weighted by Crippen LogP contribution is -2.47. The summed E-state index contributed by atoms with van der Waals surface area (Å²) >= 11 is 0. The van der Waals surface area contributed by atoms with E-state index in [1.807, 2.05) is 44.2 Å². The maximum absolute atomic E-state index is 12.5. The summed E-state index contributed by atoms with van der Waals surface area (Å²) in [5.74, 6) is 2.26. The SMILES string of the molecule is COc1cc2ncnc(N3CCN(CCC(=O)Nc4c(C)cccc4C)CC3)c2cc1OC. The Balaban J connectivity index is 1.36. The lowest BCUT2D eigenvalue weighted by molar-refractivity contribution is -0.116. The molecule has 2 aromatic carbocycles. The van der Waals surface area contributed by atoms with Crippen molar-refractivity contribution in [3.63, 3.8) is 0 Å². The smallest absolute Gasteiger partial charge is 0.225 e. The van der Waals surface area contributed by atoms with Gasteiger partial charge in [0.25, 0.3) is 0 Å². The summed E-state index contributed by atoms with van der Waals surface area (Å²) in [6, 6.07) is 9.86. The van der Waals surface area contributed by atoms with Gasteiger partial charge < -0.3 is 19.7 Å². The minimum absolute atomic E-state index is 0.0534. The van der Waals surface area contributed by atoms with Crippen molar-refractivity contribution in [2.75, 3.05) is 57.2 Å². The number of nitrogens with one attached hydrogen (secondary N) is 1. The molecule has 0 unspecified atom stereocenters. The standard InChI is InChI=1S/C25H31N5O3/c1-17-6-5-7-18(2)24(17)28-23(31)8-9-29-10-12-30(13-11-29)25-19-14-21(32-3)22(33-4)15-20(19)26-16-27-25/h5-7,14-16H,8-13H2,1-4H3,(H,28,31). The lowest BCUT2D eigenvalue weighted by atomic mass is 10.1. The zero-order valence-electron chi connectivity index (χ0n) is 19.7. The number of fused-ring (bicyclic) bond motifs is 1. The first-order valence-electron chi connectivity index (χ1n) is 11.2. The van der Waals surface area contributed by atoms with E-state index in [-0.39, 0.29) is 5.91 Å². The highest BCUT2D eigenvalue weighted by atomic mass is 16.5. The lowest BCUT2D eigenvalue weighted by Gasteiger charge is -2.35. The van der Waals surface area contributed by atoms with Crippen LogP contribution in [0, 0.1) is 13.8 Å². The number of para-hydroxylation sites is 1. The van der Waals surface area contributed by atoms with Crippen LogP contribution in [-0.4, -0.2) is 67.7 Å². The van der Waals surface area contributed by atoms with Gasteiger partial charge in [0.1, 0.15) is 12.1 Å². The Morgan fingerprint density at radius 1 is 1.00 bits per heavy atom. The Morgan fingerprint density at radius 3 is 2.33 bits per heavy atom. The Hall–Kier alpha value is -3.39. The number of aryl methyl sites for hydroxylation is 2. The van der Waals surface area contributed by atoms with Crippen molar-refractivity contribution in [2.45, 2.75) is 20.3 Å². The third-order valence-electron chi connectivity index (χ3n) is 6.19. The Labute approximate surface area is 194 Å². The molecule has 0 atom stereocenters. The van der Waals surface area contributed by atoms with Gasteiger partial charge in [-0.15, -0.1) is 0 Å². The van der Waals surface area contributed by atoms with Gasteiger partial charge in [0.05, 0.1) is 19.7 Å². The molecule has 1 aliphatic heterocycles. The molecule has 4 rings (SSSR count). The molecule has 8 heteroatoms. The first-order chi connectivity index (χ1) is 16.0. The van der Waals surface area contributed by atoms with Crippen LogP contribution in [0.1, 0.15) is 17.5 Å². The quantitative estimate of drug-likeness (QED) is 0.592. The summed E-state index contributed by atoms with van der Waals surface area (Å²) in [6.45, 7) is 8.18. The van der Waals surface area contributed by atoms with Gasteiger partial charge in [0.2, 0.25) is 5.91 Å². The number of rotatable bonds is 7. The van der Waals surface area contributed by atoms with E-state index in [4.69, 9.17) is 9.47 Å². The molecule has 174 valence electrons. The van der Waals surface area contributed by atoms with E-state index in [9.17, 15) is 4.79 Å². The first-order valence-corrected chi connectivity index (χ1v) is 11.2. The highest BCUT2D eigenvalue weighted by Crippen LogP contribution is 2.34. The molecule has 1 aromatic heterocycles. The maximum Gasteiger partial charge on any atom is 0.225 e. The van der Waals surface area contributed by atoms with Crippen LogP contribution in [0.5, 0.6) is 11.5 Å². The largest absolute Gasteiger partial charge is 0.493 e. The molecule has 0 radical (unpaired) electrons. The van der Waals surface area contributed by atoms with E-state index in [1.165, 1.54) is 0 Å². The summed E-state index contributed by atoms with van der Waals surface area (Å²) in [7, 11) is 3.25. The second-order valence-electron chi connectivity index (χ2n) is 8.32. The van der Waals surface area contributed by atoms with Gasteiger partial charge in [0, 0.05) is 56.3 Å². The predicted molar refractivity (Wildman–Crippen MR) is 130 cm³/mol. The van der Waals surface area contributed by atoms with Crippen molar-refractivity contribution >= 4 is 28.3 Å². The van der Waals surface area contributed by atoms with Crippen LogP contribution in [0.2, 0.25) is 0 Å². The Bertz CT molecular complexity index is 1120. The van der Waals surface area contributed by atoms with Crippen molar-refractivity contribution < 1.29 is 14.3 Å². The minimum Gasteiger partial charge on any atom is -0.493 e. The van der Waals surface area contributed by atoms with E-state index in [0.29, 0.717) is 17.9 Å². The number of hydrogen-bond acceptors (Lipinski definition) is 7. The molecule has 0 saturated carbocycles. The fraction of sp³-hybridized carbons (Fsp3) is 0.400. The van der Waals surface area contributed by atoms with Crippen molar-refractivity contribution in [3.8, 4) is 11.5 Å². The number of anilines is 2. The fourth-order valence-electron chi connectivity index (χ4n) is 4.28. The van der Waals surface area contributed by atoms with E-state index in [1.54, 1.807) is 20.5 Å². The number of carbonyl (C=O) groups excluding carboxylic acids is 1. The molecule has 0 bridgehead atoms. The van der Waals surface area contributed by atoms with Crippen LogP contribution in [0.25, 0.3) is 10.9 Å².